The fourth-order valence-corrected chi connectivity index (χ4v) is 3.11. The molecular weight excluding hydrogens is 307 g/mol. The number of aromatic nitrogens is 1. The number of likely N-dealkylation sites (tertiary alicyclic amines) is 1. The van der Waals surface area contributed by atoms with Crippen LogP contribution in [0.4, 0.5) is 4.39 Å². The predicted octanol–water partition coefficient (Wildman–Crippen LogP) is 3.22. The molecule has 1 aliphatic rings. The first-order valence-electron chi connectivity index (χ1n) is 8.29. The number of rotatable bonds is 6. The van der Waals surface area contributed by atoms with Crippen molar-refractivity contribution in [3.63, 3.8) is 0 Å². The summed E-state index contributed by atoms with van der Waals surface area (Å²) in [5.41, 5.74) is 1.24. The summed E-state index contributed by atoms with van der Waals surface area (Å²) in [6.45, 7) is 0.782. The summed E-state index contributed by atoms with van der Waals surface area (Å²) in [6.07, 6.45) is 7.55. The van der Waals surface area contributed by atoms with Gasteiger partial charge in [-0.15, -0.1) is 0 Å². The number of amides is 1. The Labute approximate surface area is 141 Å². The van der Waals surface area contributed by atoms with E-state index in [-0.39, 0.29) is 24.4 Å². The first-order chi connectivity index (χ1) is 11.7. The van der Waals surface area contributed by atoms with E-state index in [0.717, 1.165) is 32.2 Å². The average molecular weight is 328 g/mol. The number of pyridine rings is 1. The second-order valence-electron chi connectivity index (χ2n) is 6.02. The Morgan fingerprint density at radius 2 is 1.96 bits per heavy atom. The third kappa shape index (κ3) is 4.31. The van der Waals surface area contributed by atoms with Gasteiger partial charge in [0.05, 0.1) is 0 Å². The second-order valence-corrected chi connectivity index (χ2v) is 6.02. The lowest BCUT2D eigenvalue weighted by Crippen LogP contribution is -2.38. The van der Waals surface area contributed by atoms with E-state index in [1.165, 1.54) is 29.8 Å². The van der Waals surface area contributed by atoms with Crippen molar-refractivity contribution in [2.75, 3.05) is 13.2 Å². The summed E-state index contributed by atoms with van der Waals surface area (Å²) in [5.74, 6) is 0.193. The van der Waals surface area contributed by atoms with Gasteiger partial charge in [0.2, 0.25) is 0 Å². The molecule has 0 bridgehead atoms. The molecule has 2 heterocycles. The zero-order valence-electron chi connectivity index (χ0n) is 13.5. The Hall–Kier alpha value is -2.43. The van der Waals surface area contributed by atoms with Crippen LogP contribution in [0.5, 0.6) is 5.75 Å². The van der Waals surface area contributed by atoms with Gasteiger partial charge in [-0.3, -0.25) is 9.78 Å². The summed E-state index contributed by atoms with van der Waals surface area (Å²) in [5, 5.41) is 0. The first-order valence-corrected chi connectivity index (χ1v) is 8.29. The van der Waals surface area contributed by atoms with Gasteiger partial charge in [-0.25, -0.2) is 4.39 Å². The number of halogens is 1. The van der Waals surface area contributed by atoms with Crippen LogP contribution < -0.4 is 4.74 Å². The van der Waals surface area contributed by atoms with Crippen LogP contribution in [0.25, 0.3) is 0 Å². The van der Waals surface area contributed by atoms with Crippen LogP contribution >= 0.6 is 0 Å². The van der Waals surface area contributed by atoms with E-state index in [1.807, 2.05) is 17.0 Å². The molecule has 0 spiro atoms. The van der Waals surface area contributed by atoms with Crippen LogP contribution in [0.3, 0.4) is 0 Å². The molecule has 2 aromatic rings. The highest BCUT2D eigenvalue weighted by molar-refractivity contribution is 5.78. The van der Waals surface area contributed by atoms with Crippen molar-refractivity contribution in [1.29, 1.82) is 0 Å². The average Bonchev–Trinajstić information content (AvgIpc) is 3.09. The van der Waals surface area contributed by atoms with Crippen LogP contribution in [0.15, 0.2) is 48.8 Å². The van der Waals surface area contributed by atoms with Crippen LogP contribution in [-0.2, 0) is 11.2 Å². The third-order valence-electron chi connectivity index (χ3n) is 4.39. The van der Waals surface area contributed by atoms with E-state index in [2.05, 4.69) is 4.98 Å². The van der Waals surface area contributed by atoms with Crippen molar-refractivity contribution in [3.8, 4) is 5.75 Å². The van der Waals surface area contributed by atoms with Crippen LogP contribution in [0.1, 0.15) is 24.8 Å². The van der Waals surface area contributed by atoms with Gasteiger partial charge >= 0.3 is 0 Å². The fraction of sp³-hybridized carbons (Fsp3) is 0.368. The monoisotopic (exact) mass is 328 g/mol. The lowest BCUT2D eigenvalue weighted by Gasteiger charge is -2.24. The fourth-order valence-electron chi connectivity index (χ4n) is 3.11. The number of hydrogen-bond acceptors (Lipinski definition) is 3. The van der Waals surface area contributed by atoms with Gasteiger partial charge in [-0.2, -0.15) is 0 Å². The number of carbonyl (C=O) groups is 1. The topological polar surface area (TPSA) is 42.4 Å². The molecule has 0 radical (unpaired) electrons. The van der Waals surface area contributed by atoms with Crippen molar-refractivity contribution < 1.29 is 13.9 Å². The van der Waals surface area contributed by atoms with Crippen molar-refractivity contribution >= 4 is 5.91 Å². The largest absolute Gasteiger partial charge is 0.484 e. The summed E-state index contributed by atoms with van der Waals surface area (Å²) < 4.78 is 18.4. The normalized spacial score (nSPS) is 17.0. The minimum Gasteiger partial charge on any atom is -0.484 e. The van der Waals surface area contributed by atoms with Crippen molar-refractivity contribution in [2.45, 2.75) is 31.7 Å². The minimum absolute atomic E-state index is 0.00259. The number of nitrogens with zero attached hydrogens (tertiary/aromatic N) is 2. The van der Waals surface area contributed by atoms with E-state index in [9.17, 15) is 9.18 Å². The highest BCUT2D eigenvalue weighted by atomic mass is 19.1. The minimum atomic E-state index is -0.315. The molecule has 4 nitrogen and oxygen atoms in total. The molecule has 126 valence electrons. The van der Waals surface area contributed by atoms with Crippen LogP contribution in [0.2, 0.25) is 0 Å². The van der Waals surface area contributed by atoms with Crippen LogP contribution in [-0.4, -0.2) is 35.0 Å². The summed E-state index contributed by atoms with van der Waals surface area (Å²) in [4.78, 5) is 18.4. The molecule has 0 aliphatic carbocycles. The predicted molar refractivity (Wildman–Crippen MR) is 89.2 cm³/mol. The molecule has 0 unspecified atom stereocenters. The Morgan fingerprint density at radius 1 is 1.21 bits per heavy atom. The highest BCUT2D eigenvalue weighted by Gasteiger charge is 2.28. The molecule has 1 fully saturated rings. The highest BCUT2D eigenvalue weighted by Crippen LogP contribution is 2.22. The van der Waals surface area contributed by atoms with E-state index in [0.29, 0.717) is 5.75 Å². The van der Waals surface area contributed by atoms with E-state index >= 15 is 0 Å². The second kappa shape index (κ2) is 7.90. The molecule has 3 rings (SSSR count). The van der Waals surface area contributed by atoms with Gasteiger partial charge < -0.3 is 9.64 Å². The molecule has 1 saturated heterocycles. The van der Waals surface area contributed by atoms with Gasteiger partial charge in [-0.05, 0) is 67.6 Å². The molecule has 1 aliphatic heterocycles. The zero-order chi connectivity index (χ0) is 16.8. The van der Waals surface area contributed by atoms with Gasteiger partial charge in [0.1, 0.15) is 11.6 Å². The summed E-state index contributed by atoms with van der Waals surface area (Å²) in [6, 6.07) is 10.0. The SMILES string of the molecule is O=C(COc1ccc(F)cc1)N1CCC[C@@H]1CCc1ccncc1. The quantitative estimate of drug-likeness (QED) is 0.818. The Bertz CT molecular complexity index is 661. The van der Waals surface area contributed by atoms with Crippen molar-refractivity contribution in [2.24, 2.45) is 0 Å². The van der Waals surface area contributed by atoms with Gasteiger partial charge in [0.15, 0.2) is 6.61 Å². The maximum Gasteiger partial charge on any atom is 0.260 e. The maximum atomic E-state index is 12.9. The Balaban J connectivity index is 1.50. The molecule has 0 saturated carbocycles. The van der Waals surface area contributed by atoms with Crippen molar-refractivity contribution in [1.82, 2.24) is 9.88 Å². The van der Waals surface area contributed by atoms with Gasteiger partial charge in [-0.1, -0.05) is 0 Å². The lowest BCUT2D eigenvalue weighted by molar-refractivity contribution is -0.134. The molecule has 1 amide bonds. The van der Waals surface area contributed by atoms with Gasteiger partial charge in [0, 0.05) is 25.0 Å². The lowest BCUT2D eigenvalue weighted by atomic mass is 10.0. The van der Waals surface area contributed by atoms with E-state index in [1.54, 1.807) is 12.4 Å². The van der Waals surface area contributed by atoms with Gasteiger partial charge in [0.25, 0.3) is 5.91 Å². The van der Waals surface area contributed by atoms with E-state index < -0.39 is 0 Å². The maximum absolute atomic E-state index is 12.9. The molecule has 24 heavy (non-hydrogen) atoms. The summed E-state index contributed by atoms with van der Waals surface area (Å²) >= 11 is 0. The number of carbonyl (C=O) groups excluding carboxylic acids is 1. The third-order valence-corrected chi connectivity index (χ3v) is 4.39. The Morgan fingerprint density at radius 3 is 2.71 bits per heavy atom. The van der Waals surface area contributed by atoms with E-state index in [4.69, 9.17) is 4.74 Å². The van der Waals surface area contributed by atoms with Crippen molar-refractivity contribution in [3.05, 3.63) is 60.2 Å². The van der Waals surface area contributed by atoms with Crippen LogP contribution in [0, 0.1) is 5.82 Å². The molecule has 1 aromatic carbocycles. The zero-order valence-corrected chi connectivity index (χ0v) is 13.5. The number of hydrogen-bond donors (Lipinski definition) is 0. The number of ether oxygens (including phenoxy) is 1. The molecule has 1 aromatic heterocycles. The number of aryl methyl sites for hydroxylation is 1. The standard InChI is InChI=1S/C19H21FN2O2/c20-16-4-7-18(8-5-16)24-14-19(23)22-13-1-2-17(22)6-3-15-9-11-21-12-10-15/h4-5,7-12,17H,1-3,6,13-14H2/t17-/m1/s1. The first kappa shape index (κ1) is 16.4. The smallest absolute Gasteiger partial charge is 0.260 e. The Kier molecular flexibility index (Phi) is 5.41. The molecule has 5 heteroatoms. The number of benzene rings is 1. The molecular formula is C19H21FN2O2. The molecule has 1 atom stereocenters. The molecule has 0 N–H and O–H groups in total. The summed E-state index contributed by atoms with van der Waals surface area (Å²) in [7, 11) is 0.